The Hall–Kier alpha value is -1.80. The molecule has 0 saturated carbocycles. The molecule has 0 aromatic heterocycles. The van der Waals surface area contributed by atoms with Gasteiger partial charge in [-0.05, 0) is 43.5 Å². The third-order valence-corrected chi connectivity index (χ3v) is 3.97. The number of aryl methyl sites for hydroxylation is 1. The van der Waals surface area contributed by atoms with Gasteiger partial charge in [0.15, 0.2) is 0 Å². The predicted molar refractivity (Wildman–Crippen MR) is 88.9 cm³/mol. The first kappa shape index (κ1) is 15.6. The summed E-state index contributed by atoms with van der Waals surface area (Å²) in [4.78, 5) is 0. The van der Waals surface area contributed by atoms with Crippen molar-refractivity contribution in [2.45, 2.75) is 32.6 Å². The molecule has 2 heteroatoms. The molecule has 1 unspecified atom stereocenters. The second-order valence-electron chi connectivity index (χ2n) is 5.89. The molecule has 0 radical (unpaired) electrons. The first-order chi connectivity index (χ1) is 10.1. The van der Waals surface area contributed by atoms with Crippen LogP contribution in [0.1, 0.15) is 30.5 Å². The molecule has 0 heterocycles. The van der Waals surface area contributed by atoms with Gasteiger partial charge in [0.2, 0.25) is 0 Å². The van der Waals surface area contributed by atoms with Crippen LogP contribution in [-0.2, 0) is 11.8 Å². The Morgan fingerprint density at radius 2 is 1.86 bits per heavy atom. The summed E-state index contributed by atoms with van der Waals surface area (Å²) in [5, 5.41) is 0. The van der Waals surface area contributed by atoms with Gasteiger partial charge in [-0.1, -0.05) is 48.9 Å². The highest BCUT2D eigenvalue weighted by molar-refractivity contribution is 5.35. The van der Waals surface area contributed by atoms with Crippen LogP contribution in [0.3, 0.4) is 0 Å². The Morgan fingerprint density at radius 3 is 2.52 bits per heavy atom. The van der Waals surface area contributed by atoms with E-state index in [1.54, 1.807) is 0 Å². The van der Waals surface area contributed by atoms with Crippen LogP contribution in [-0.4, -0.2) is 13.2 Å². The van der Waals surface area contributed by atoms with Gasteiger partial charge < -0.3 is 10.5 Å². The van der Waals surface area contributed by atoms with Crippen molar-refractivity contribution in [2.24, 2.45) is 5.73 Å². The lowest BCUT2D eigenvalue weighted by molar-refractivity contribution is 0.339. The van der Waals surface area contributed by atoms with E-state index in [1.807, 2.05) is 19.1 Å². The molecule has 0 aliphatic carbocycles. The van der Waals surface area contributed by atoms with Crippen molar-refractivity contribution in [1.82, 2.24) is 0 Å². The van der Waals surface area contributed by atoms with Gasteiger partial charge in [-0.15, -0.1) is 0 Å². The van der Waals surface area contributed by atoms with Crippen LogP contribution in [0.15, 0.2) is 48.5 Å². The van der Waals surface area contributed by atoms with Crippen molar-refractivity contribution < 1.29 is 4.74 Å². The van der Waals surface area contributed by atoms with Crippen LogP contribution in [0.2, 0.25) is 0 Å². The van der Waals surface area contributed by atoms with Crippen LogP contribution in [0, 0.1) is 6.92 Å². The minimum atomic E-state index is -0.0587. The molecule has 0 aliphatic rings. The first-order valence-electron chi connectivity index (χ1n) is 7.56. The highest BCUT2D eigenvalue weighted by Crippen LogP contribution is 2.29. The molecule has 2 rings (SSSR count). The maximum Gasteiger partial charge on any atom is 0.119 e. The molecule has 0 spiro atoms. The quantitative estimate of drug-likeness (QED) is 0.874. The summed E-state index contributed by atoms with van der Waals surface area (Å²) in [6.45, 7) is 7.67. The van der Waals surface area contributed by atoms with Crippen LogP contribution in [0.5, 0.6) is 5.75 Å². The molecule has 0 aliphatic heterocycles. The Balaban J connectivity index is 2.27. The average molecular weight is 283 g/mol. The zero-order chi connectivity index (χ0) is 15.3. The maximum absolute atomic E-state index is 6.10. The number of hydrogen-bond donors (Lipinski definition) is 1. The Labute approximate surface area is 127 Å². The summed E-state index contributed by atoms with van der Waals surface area (Å²) in [6.07, 6.45) is 0.911. The van der Waals surface area contributed by atoms with Gasteiger partial charge in [0, 0.05) is 12.0 Å². The predicted octanol–water partition coefficient (Wildman–Crippen LogP) is 3.85. The van der Waals surface area contributed by atoms with Crippen molar-refractivity contribution >= 4 is 0 Å². The summed E-state index contributed by atoms with van der Waals surface area (Å²) in [7, 11) is 0. The highest BCUT2D eigenvalue weighted by Gasteiger charge is 2.25. The minimum Gasteiger partial charge on any atom is -0.494 e. The van der Waals surface area contributed by atoms with E-state index < -0.39 is 0 Å². The normalized spacial score (nSPS) is 13.7. The number of rotatable bonds is 6. The molecule has 2 aromatic carbocycles. The fourth-order valence-electron chi connectivity index (χ4n) is 2.67. The van der Waals surface area contributed by atoms with E-state index in [0.717, 1.165) is 12.2 Å². The van der Waals surface area contributed by atoms with Gasteiger partial charge in [0.1, 0.15) is 5.75 Å². The lowest BCUT2D eigenvalue weighted by Gasteiger charge is -2.29. The molecule has 1 atom stereocenters. The minimum absolute atomic E-state index is 0.0587. The van der Waals surface area contributed by atoms with Gasteiger partial charge >= 0.3 is 0 Å². The van der Waals surface area contributed by atoms with Crippen molar-refractivity contribution in [3.05, 3.63) is 65.2 Å². The van der Waals surface area contributed by atoms with Crippen LogP contribution < -0.4 is 10.5 Å². The van der Waals surface area contributed by atoms with Gasteiger partial charge in [-0.2, -0.15) is 0 Å². The van der Waals surface area contributed by atoms with Crippen LogP contribution in [0.25, 0.3) is 0 Å². The average Bonchev–Trinajstić information content (AvgIpc) is 2.48. The molecular formula is C19H25NO. The van der Waals surface area contributed by atoms with Gasteiger partial charge in [0.05, 0.1) is 6.61 Å². The molecule has 2 nitrogen and oxygen atoms in total. The van der Waals surface area contributed by atoms with E-state index in [4.69, 9.17) is 10.5 Å². The Morgan fingerprint density at radius 1 is 1.10 bits per heavy atom. The van der Waals surface area contributed by atoms with Crippen molar-refractivity contribution in [2.75, 3.05) is 13.2 Å². The molecular weight excluding hydrogens is 258 g/mol. The summed E-state index contributed by atoms with van der Waals surface area (Å²) in [5.41, 5.74) is 9.87. The van der Waals surface area contributed by atoms with Crippen molar-refractivity contribution in [1.29, 1.82) is 0 Å². The second-order valence-corrected chi connectivity index (χ2v) is 5.89. The zero-order valence-electron chi connectivity index (χ0n) is 13.2. The standard InChI is InChI=1S/C19H25NO/c1-4-21-18-10-6-8-16(12-18)13-19(3,14-20)17-9-5-7-15(2)11-17/h5-12H,4,13-14,20H2,1-3H3. The summed E-state index contributed by atoms with van der Waals surface area (Å²) < 4.78 is 5.59. The molecule has 2 N–H and O–H groups in total. The third kappa shape index (κ3) is 3.85. The van der Waals surface area contributed by atoms with Crippen molar-refractivity contribution in [3.8, 4) is 5.75 Å². The number of ether oxygens (including phenoxy) is 1. The molecule has 0 amide bonds. The SMILES string of the molecule is CCOc1cccc(CC(C)(CN)c2cccc(C)c2)c1. The van der Waals surface area contributed by atoms with Gasteiger partial charge in [-0.25, -0.2) is 0 Å². The number of benzene rings is 2. The fourth-order valence-corrected chi connectivity index (χ4v) is 2.67. The largest absolute Gasteiger partial charge is 0.494 e. The Kier molecular flexibility index (Phi) is 5.03. The topological polar surface area (TPSA) is 35.2 Å². The summed E-state index contributed by atoms with van der Waals surface area (Å²) >= 11 is 0. The molecule has 0 fully saturated rings. The van der Waals surface area contributed by atoms with Crippen molar-refractivity contribution in [3.63, 3.8) is 0 Å². The summed E-state index contributed by atoms with van der Waals surface area (Å²) in [5.74, 6) is 0.929. The molecule has 2 aromatic rings. The van der Waals surface area contributed by atoms with E-state index in [9.17, 15) is 0 Å². The number of nitrogens with two attached hydrogens (primary N) is 1. The van der Waals surface area contributed by atoms with E-state index >= 15 is 0 Å². The second kappa shape index (κ2) is 6.77. The van der Waals surface area contributed by atoms with E-state index in [0.29, 0.717) is 13.2 Å². The highest BCUT2D eigenvalue weighted by atomic mass is 16.5. The molecule has 0 bridgehead atoms. The van der Waals surface area contributed by atoms with E-state index in [2.05, 4.69) is 50.2 Å². The third-order valence-electron chi connectivity index (χ3n) is 3.97. The molecule has 21 heavy (non-hydrogen) atoms. The molecule has 0 saturated heterocycles. The molecule has 112 valence electrons. The number of hydrogen-bond acceptors (Lipinski definition) is 2. The smallest absolute Gasteiger partial charge is 0.119 e. The van der Waals surface area contributed by atoms with E-state index in [1.165, 1.54) is 16.7 Å². The summed E-state index contributed by atoms with van der Waals surface area (Å²) in [6, 6.07) is 16.9. The monoisotopic (exact) mass is 283 g/mol. The van der Waals surface area contributed by atoms with Crippen LogP contribution >= 0.6 is 0 Å². The van der Waals surface area contributed by atoms with E-state index in [-0.39, 0.29) is 5.41 Å². The first-order valence-corrected chi connectivity index (χ1v) is 7.56. The maximum atomic E-state index is 6.10. The van der Waals surface area contributed by atoms with Crippen LogP contribution in [0.4, 0.5) is 0 Å². The van der Waals surface area contributed by atoms with Gasteiger partial charge in [0.25, 0.3) is 0 Å². The lowest BCUT2D eigenvalue weighted by Crippen LogP contribution is -2.34. The Bertz CT molecular complexity index is 594. The fraction of sp³-hybridized carbons (Fsp3) is 0.368. The lowest BCUT2D eigenvalue weighted by atomic mass is 9.77. The van der Waals surface area contributed by atoms with Gasteiger partial charge in [-0.3, -0.25) is 0 Å². The zero-order valence-corrected chi connectivity index (χ0v) is 13.2.